The SMILES string of the molecule is N=N/N=C(\N)c1c(-c2snc3cccnc23)cccc1S(N)(=O)=O. The summed E-state index contributed by atoms with van der Waals surface area (Å²) < 4.78 is 28.1. The van der Waals surface area contributed by atoms with Crippen LogP contribution in [0.2, 0.25) is 0 Å². The first-order valence-electron chi connectivity index (χ1n) is 6.50. The van der Waals surface area contributed by atoms with E-state index in [0.717, 1.165) is 11.5 Å². The van der Waals surface area contributed by atoms with Crippen LogP contribution in [0.15, 0.2) is 51.7 Å². The molecule has 0 atom stereocenters. The van der Waals surface area contributed by atoms with Gasteiger partial charge < -0.3 is 5.73 Å². The van der Waals surface area contributed by atoms with Crippen molar-refractivity contribution < 1.29 is 8.42 Å². The molecule has 1 aromatic carbocycles. The van der Waals surface area contributed by atoms with Crippen LogP contribution in [-0.2, 0) is 10.0 Å². The molecule has 0 spiro atoms. The van der Waals surface area contributed by atoms with E-state index in [1.165, 1.54) is 12.1 Å². The Morgan fingerprint density at radius 3 is 2.75 bits per heavy atom. The fourth-order valence-electron chi connectivity index (χ4n) is 2.29. The third kappa shape index (κ3) is 2.75. The van der Waals surface area contributed by atoms with Gasteiger partial charge in [0.15, 0.2) is 5.84 Å². The van der Waals surface area contributed by atoms with Crippen molar-refractivity contribution in [2.45, 2.75) is 4.90 Å². The minimum Gasteiger partial charge on any atom is -0.382 e. The van der Waals surface area contributed by atoms with Crippen molar-refractivity contribution in [2.24, 2.45) is 21.2 Å². The van der Waals surface area contributed by atoms with Gasteiger partial charge in [-0.15, -0.1) is 5.10 Å². The molecule has 0 bridgehead atoms. The van der Waals surface area contributed by atoms with E-state index >= 15 is 0 Å². The molecule has 122 valence electrons. The normalized spacial score (nSPS) is 12.5. The zero-order chi connectivity index (χ0) is 17.3. The second-order valence-corrected chi connectivity index (χ2v) is 7.00. The molecule has 0 aliphatic rings. The molecule has 0 saturated heterocycles. The van der Waals surface area contributed by atoms with Crippen LogP contribution in [0.25, 0.3) is 21.5 Å². The summed E-state index contributed by atoms with van der Waals surface area (Å²) in [7, 11) is -4.06. The monoisotopic (exact) mass is 361 g/mol. The summed E-state index contributed by atoms with van der Waals surface area (Å²) in [5.41, 5.74) is 14.5. The number of hydrogen-bond donors (Lipinski definition) is 3. The van der Waals surface area contributed by atoms with Crippen molar-refractivity contribution in [3.05, 3.63) is 42.1 Å². The second-order valence-electron chi connectivity index (χ2n) is 4.69. The van der Waals surface area contributed by atoms with Gasteiger partial charge in [0.2, 0.25) is 10.0 Å². The lowest BCUT2D eigenvalue weighted by atomic mass is 10.0. The Morgan fingerprint density at radius 2 is 2.04 bits per heavy atom. The molecule has 3 aromatic rings. The van der Waals surface area contributed by atoms with Gasteiger partial charge in [-0.3, -0.25) is 4.98 Å². The van der Waals surface area contributed by atoms with Gasteiger partial charge in [-0.25, -0.2) is 13.6 Å². The lowest BCUT2D eigenvalue weighted by molar-refractivity contribution is 0.597. The van der Waals surface area contributed by atoms with Gasteiger partial charge in [-0.05, 0) is 29.7 Å². The van der Waals surface area contributed by atoms with E-state index in [4.69, 9.17) is 16.4 Å². The molecule has 3 rings (SSSR count). The van der Waals surface area contributed by atoms with Gasteiger partial charge in [-0.1, -0.05) is 17.4 Å². The van der Waals surface area contributed by atoms with E-state index in [1.54, 1.807) is 24.4 Å². The number of hydrogen-bond acceptors (Lipinski definition) is 7. The summed E-state index contributed by atoms with van der Waals surface area (Å²) in [6, 6.07) is 8.07. The van der Waals surface area contributed by atoms with E-state index in [-0.39, 0.29) is 16.3 Å². The summed E-state index contributed by atoms with van der Waals surface area (Å²) in [6.07, 6.45) is 1.61. The van der Waals surface area contributed by atoms with Crippen molar-refractivity contribution in [3.63, 3.8) is 0 Å². The number of nitrogens with zero attached hydrogens (tertiary/aromatic N) is 4. The molecular weight excluding hydrogens is 350 g/mol. The number of primary sulfonamides is 1. The Kier molecular flexibility index (Phi) is 4.05. The Morgan fingerprint density at radius 1 is 1.25 bits per heavy atom. The van der Waals surface area contributed by atoms with Crippen LogP contribution < -0.4 is 10.9 Å². The van der Waals surface area contributed by atoms with E-state index in [9.17, 15) is 8.42 Å². The Hall–Kier alpha value is -2.76. The third-order valence-corrected chi connectivity index (χ3v) is 5.07. The van der Waals surface area contributed by atoms with Crippen molar-refractivity contribution in [2.75, 3.05) is 0 Å². The van der Waals surface area contributed by atoms with Gasteiger partial charge in [0.05, 0.1) is 9.77 Å². The number of nitrogens with two attached hydrogens (primary N) is 2. The topological polar surface area (TPSA) is 161 Å². The van der Waals surface area contributed by atoms with E-state index < -0.39 is 10.0 Å². The first-order chi connectivity index (χ1) is 11.4. The maximum atomic E-state index is 11.9. The highest BCUT2D eigenvalue weighted by Crippen LogP contribution is 2.35. The van der Waals surface area contributed by atoms with Crippen LogP contribution in [-0.4, -0.2) is 23.6 Å². The van der Waals surface area contributed by atoms with Crippen molar-refractivity contribution in [3.8, 4) is 10.4 Å². The maximum absolute atomic E-state index is 11.9. The standard InChI is InChI=1S/C13H11N7O2S2/c14-13(18-20-15)10-7(3-1-5-9(10)24(16,21)22)12-11-8(19-23-12)4-2-6-17-11/h1-6H,(H3,14,15,18)(H2,16,21,22). The molecule has 9 nitrogen and oxygen atoms in total. The molecule has 0 radical (unpaired) electrons. The quantitative estimate of drug-likeness (QED) is 0.278. The average Bonchev–Trinajstić information content (AvgIpc) is 2.97. The van der Waals surface area contributed by atoms with E-state index in [1.807, 2.05) is 0 Å². The van der Waals surface area contributed by atoms with Gasteiger partial charge in [0.1, 0.15) is 11.0 Å². The molecule has 0 unspecified atom stereocenters. The highest BCUT2D eigenvalue weighted by Gasteiger charge is 2.23. The third-order valence-electron chi connectivity index (χ3n) is 3.23. The van der Waals surface area contributed by atoms with Crippen LogP contribution in [0.5, 0.6) is 0 Å². The lowest BCUT2D eigenvalue weighted by Gasteiger charge is -2.11. The second kappa shape index (κ2) is 6.03. The average molecular weight is 361 g/mol. The van der Waals surface area contributed by atoms with Crippen molar-refractivity contribution >= 4 is 38.4 Å². The summed E-state index contributed by atoms with van der Waals surface area (Å²) in [4.78, 5) is 4.70. The predicted molar refractivity (Wildman–Crippen MR) is 90.1 cm³/mol. The largest absolute Gasteiger partial charge is 0.382 e. The summed E-state index contributed by atoms with van der Waals surface area (Å²) in [5, 5.41) is 11.6. The van der Waals surface area contributed by atoms with Gasteiger partial charge in [0.25, 0.3) is 0 Å². The van der Waals surface area contributed by atoms with Gasteiger partial charge in [-0.2, -0.15) is 9.90 Å². The highest BCUT2D eigenvalue weighted by molar-refractivity contribution is 7.89. The molecule has 0 amide bonds. The van der Waals surface area contributed by atoms with E-state index in [2.05, 4.69) is 19.7 Å². The van der Waals surface area contributed by atoms with Crippen molar-refractivity contribution in [1.29, 1.82) is 5.53 Å². The van der Waals surface area contributed by atoms with Gasteiger partial charge >= 0.3 is 0 Å². The van der Waals surface area contributed by atoms with Crippen molar-refractivity contribution in [1.82, 2.24) is 9.36 Å². The number of fused-ring (bicyclic) bond motifs is 1. The van der Waals surface area contributed by atoms with Crippen LogP contribution in [0, 0.1) is 5.53 Å². The fraction of sp³-hybridized carbons (Fsp3) is 0. The number of benzene rings is 1. The number of amidine groups is 1. The van der Waals surface area contributed by atoms with Crippen LogP contribution in [0.4, 0.5) is 0 Å². The van der Waals surface area contributed by atoms with Crippen LogP contribution in [0.1, 0.15) is 5.56 Å². The molecule has 2 aromatic heterocycles. The zero-order valence-electron chi connectivity index (χ0n) is 12.0. The lowest BCUT2D eigenvalue weighted by Crippen LogP contribution is -2.22. The molecule has 0 fully saturated rings. The Balaban J connectivity index is 2.41. The number of pyridine rings is 1. The smallest absolute Gasteiger partial charge is 0.238 e. The molecule has 24 heavy (non-hydrogen) atoms. The molecule has 0 saturated carbocycles. The first-order valence-corrected chi connectivity index (χ1v) is 8.82. The number of sulfonamides is 1. The maximum Gasteiger partial charge on any atom is 0.238 e. The Labute approximate surface area is 140 Å². The zero-order valence-corrected chi connectivity index (χ0v) is 13.7. The predicted octanol–water partition coefficient (Wildman–Crippen LogP) is 1.66. The molecule has 2 heterocycles. The minimum absolute atomic E-state index is 0.0761. The molecular formula is C13H11N7O2S2. The first kappa shape index (κ1) is 16.1. The highest BCUT2D eigenvalue weighted by atomic mass is 32.2. The molecule has 0 aliphatic heterocycles. The Bertz CT molecular complexity index is 1070. The summed E-state index contributed by atoms with van der Waals surface area (Å²) in [6.45, 7) is 0. The molecule has 11 heteroatoms. The molecule has 0 aliphatic carbocycles. The van der Waals surface area contributed by atoms with E-state index in [0.29, 0.717) is 21.5 Å². The number of nitrogens with one attached hydrogen (secondary N) is 1. The fourth-order valence-corrected chi connectivity index (χ4v) is 3.90. The number of aromatic nitrogens is 2. The van der Waals surface area contributed by atoms with Crippen LogP contribution >= 0.6 is 11.5 Å². The summed E-state index contributed by atoms with van der Waals surface area (Å²) in [5.74, 6) is -0.234. The summed E-state index contributed by atoms with van der Waals surface area (Å²) >= 11 is 1.15. The van der Waals surface area contributed by atoms with Crippen LogP contribution in [0.3, 0.4) is 0 Å². The molecule has 5 N–H and O–H groups in total. The number of rotatable bonds is 4. The minimum atomic E-state index is -4.06. The van der Waals surface area contributed by atoms with Gasteiger partial charge in [0, 0.05) is 17.3 Å².